The molecule has 0 aliphatic heterocycles. The monoisotopic (exact) mass is 330 g/mol. The molecule has 2 rings (SSSR count). The summed E-state index contributed by atoms with van der Waals surface area (Å²) in [5.74, 6) is -7.47. The second-order valence-corrected chi connectivity index (χ2v) is 6.61. The molecule has 0 N–H and O–H groups in total. The molecular formula is C18H22F4O. The molecule has 0 spiro atoms. The maximum absolute atomic E-state index is 14.2. The van der Waals surface area contributed by atoms with Crippen LogP contribution in [0.25, 0.3) is 0 Å². The Kier molecular flexibility index (Phi) is 5.37. The predicted molar refractivity (Wildman–Crippen MR) is 81.6 cm³/mol. The van der Waals surface area contributed by atoms with E-state index in [9.17, 15) is 17.6 Å². The Bertz CT molecular complexity index is 610. The zero-order valence-electron chi connectivity index (χ0n) is 13.7. The van der Waals surface area contributed by atoms with Crippen LogP contribution in [0.15, 0.2) is 12.2 Å². The van der Waals surface area contributed by atoms with Gasteiger partial charge in [0.2, 0.25) is 11.6 Å². The summed E-state index contributed by atoms with van der Waals surface area (Å²) in [5.41, 5.74) is -0.994. The standard InChI is InChI=1S/C18H22F4O/c1-11(2)12-13(19)14(20)15(21)16(22)17(12)23-18(3)9-7-5-4-6-8-10-18/h4-5,11H,6-10H2,1-3H3/b5-4-. The summed E-state index contributed by atoms with van der Waals surface area (Å²) in [6, 6.07) is 0. The van der Waals surface area contributed by atoms with Crippen LogP contribution in [-0.4, -0.2) is 5.60 Å². The Morgan fingerprint density at radius 2 is 1.52 bits per heavy atom. The predicted octanol–water partition coefficient (Wildman–Crippen LogP) is 6.02. The maximum atomic E-state index is 14.2. The van der Waals surface area contributed by atoms with Crippen LogP contribution in [-0.2, 0) is 0 Å². The molecular weight excluding hydrogens is 308 g/mol. The summed E-state index contributed by atoms with van der Waals surface area (Å²) in [4.78, 5) is 0. The van der Waals surface area contributed by atoms with Crippen LogP contribution in [0.1, 0.15) is 64.4 Å². The number of halogens is 4. The second-order valence-electron chi connectivity index (χ2n) is 6.61. The second kappa shape index (κ2) is 6.93. The van der Waals surface area contributed by atoms with Crippen molar-refractivity contribution in [1.82, 2.24) is 0 Å². The van der Waals surface area contributed by atoms with Gasteiger partial charge in [-0.3, -0.25) is 0 Å². The summed E-state index contributed by atoms with van der Waals surface area (Å²) in [6.45, 7) is 4.98. The third kappa shape index (κ3) is 3.70. The first kappa shape index (κ1) is 17.8. The molecule has 0 saturated carbocycles. The highest BCUT2D eigenvalue weighted by molar-refractivity contribution is 5.40. The Hall–Kier alpha value is -1.52. The van der Waals surface area contributed by atoms with Crippen molar-refractivity contribution in [3.8, 4) is 5.75 Å². The topological polar surface area (TPSA) is 9.23 Å². The van der Waals surface area contributed by atoms with Crippen LogP contribution in [0.4, 0.5) is 17.6 Å². The molecule has 1 nitrogen and oxygen atoms in total. The molecule has 23 heavy (non-hydrogen) atoms. The van der Waals surface area contributed by atoms with Crippen LogP contribution in [0.3, 0.4) is 0 Å². The molecule has 1 atom stereocenters. The SMILES string of the molecule is CC(C)c1c(F)c(F)c(F)c(F)c1OC1(C)CC/C=C\CCC1. The normalized spacial score (nSPS) is 23.5. The molecule has 0 aromatic heterocycles. The Morgan fingerprint density at radius 1 is 0.913 bits per heavy atom. The van der Waals surface area contributed by atoms with Gasteiger partial charge in [-0.1, -0.05) is 26.0 Å². The lowest BCUT2D eigenvalue weighted by Gasteiger charge is -2.33. The third-order valence-corrected chi connectivity index (χ3v) is 4.27. The Morgan fingerprint density at radius 3 is 2.17 bits per heavy atom. The number of ether oxygens (including phenoxy) is 1. The van der Waals surface area contributed by atoms with Crippen LogP contribution >= 0.6 is 0 Å². The third-order valence-electron chi connectivity index (χ3n) is 4.27. The van der Waals surface area contributed by atoms with E-state index in [1.54, 1.807) is 20.8 Å². The van der Waals surface area contributed by atoms with Crippen LogP contribution < -0.4 is 4.74 Å². The molecule has 0 radical (unpaired) electrons. The lowest BCUT2D eigenvalue weighted by molar-refractivity contribution is 0.0597. The largest absolute Gasteiger partial charge is 0.484 e. The maximum Gasteiger partial charge on any atom is 0.204 e. The summed E-state index contributed by atoms with van der Waals surface area (Å²) in [6.07, 6.45) is 7.78. The molecule has 1 aliphatic carbocycles. The average Bonchev–Trinajstić information content (AvgIpc) is 2.47. The molecule has 0 saturated heterocycles. The lowest BCUT2D eigenvalue weighted by Crippen LogP contribution is -2.34. The van der Waals surface area contributed by atoms with E-state index in [0.29, 0.717) is 12.8 Å². The highest BCUT2D eigenvalue weighted by Gasteiger charge is 2.33. The highest BCUT2D eigenvalue weighted by atomic mass is 19.2. The first-order valence-electron chi connectivity index (χ1n) is 7.96. The van der Waals surface area contributed by atoms with Crippen molar-refractivity contribution in [2.45, 2.75) is 64.4 Å². The van der Waals surface area contributed by atoms with Crippen molar-refractivity contribution in [2.24, 2.45) is 0 Å². The number of rotatable bonds is 3. The van der Waals surface area contributed by atoms with Gasteiger partial charge >= 0.3 is 0 Å². The number of allylic oxidation sites excluding steroid dienone is 2. The van der Waals surface area contributed by atoms with Gasteiger partial charge < -0.3 is 4.74 Å². The fourth-order valence-electron chi connectivity index (χ4n) is 2.94. The zero-order chi connectivity index (χ0) is 17.2. The van der Waals surface area contributed by atoms with Crippen LogP contribution in [0, 0.1) is 23.3 Å². The molecule has 128 valence electrons. The summed E-state index contributed by atoms with van der Waals surface area (Å²) < 4.78 is 61.3. The first-order chi connectivity index (χ1) is 10.8. The van der Waals surface area contributed by atoms with Crippen molar-refractivity contribution in [2.75, 3.05) is 0 Å². The summed E-state index contributed by atoms with van der Waals surface area (Å²) >= 11 is 0. The molecule has 0 amide bonds. The smallest absolute Gasteiger partial charge is 0.204 e. The van der Waals surface area contributed by atoms with Crippen LogP contribution in [0.5, 0.6) is 5.75 Å². The first-order valence-corrected chi connectivity index (χ1v) is 7.96. The quantitative estimate of drug-likeness (QED) is 0.285. The highest BCUT2D eigenvalue weighted by Crippen LogP contribution is 2.39. The van der Waals surface area contributed by atoms with Gasteiger partial charge in [0.1, 0.15) is 5.60 Å². The van der Waals surface area contributed by atoms with E-state index in [4.69, 9.17) is 4.74 Å². The molecule has 1 unspecified atom stereocenters. The fraction of sp³-hybridized carbons (Fsp3) is 0.556. The van der Waals surface area contributed by atoms with E-state index in [2.05, 4.69) is 6.08 Å². The molecule has 0 bridgehead atoms. The minimum atomic E-state index is -1.82. The van der Waals surface area contributed by atoms with Gasteiger partial charge in [-0.15, -0.1) is 0 Å². The molecule has 1 aromatic carbocycles. The van der Waals surface area contributed by atoms with Gasteiger partial charge in [0.05, 0.1) is 0 Å². The molecule has 0 fully saturated rings. The van der Waals surface area contributed by atoms with E-state index < -0.39 is 40.5 Å². The van der Waals surface area contributed by atoms with Gasteiger partial charge in [-0.2, -0.15) is 4.39 Å². The molecule has 0 heterocycles. The van der Waals surface area contributed by atoms with Crippen molar-refractivity contribution >= 4 is 0 Å². The van der Waals surface area contributed by atoms with Gasteiger partial charge in [-0.05, 0) is 44.9 Å². The van der Waals surface area contributed by atoms with Crippen molar-refractivity contribution < 1.29 is 22.3 Å². The fourth-order valence-corrected chi connectivity index (χ4v) is 2.94. The van der Waals surface area contributed by atoms with Gasteiger partial charge in [0, 0.05) is 5.56 Å². The number of benzene rings is 1. The minimum Gasteiger partial charge on any atom is -0.484 e. The van der Waals surface area contributed by atoms with E-state index in [-0.39, 0.29) is 5.56 Å². The lowest BCUT2D eigenvalue weighted by atomic mass is 9.90. The van der Waals surface area contributed by atoms with Crippen molar-refractivity contribution in [1.29, 1.82) is 0 Å². The van der Waals surface area contributed by atoms with E-state index in [1.807, 2.05) is 6.08 Å². The average molecular weight is 330 g/mol. The van der Waals surface area contributed by atoms with Crippen LogP contribution in [0.2, 0.25) is 0 Å². The number of hydrogen-bond donors (Lipinski definition) is 0. The molecule has 1 aromatic rings. The van der Waals surface area contributed by atoms with Gasteiger partial charge in [-0.25, -0.2) is 13.2 Å². The zero-order valence-corrected chi connectivity index (χ0v) is 13.7. The summed E-state index contributed by atoms with van der Waals surface area (Å²) in [5, 5.41) is 0. The Labute approximate surface area is 134 Å². The van der Waals surface area contributed by atoms with Gasteiger partial charge in [0.25, 0.3) is 0 Å². The Balaban J connectivity index is 2.47. The summed E-state index contributed by atoms with van der Waals surface area (Å²) in [7, 11) is 0. The van der Waals surface area contributed by atoms with Gasteiger partial charge in [0.15, 0.2) is 17.4 Å². The van der Waals surface area contributed by atoms with E-state index >= 15 is 0 Å². The van der Waals surface area contributed by atoms with Crippen molar-refractivity contribution in [3.05, 3.63) is 41.0 Å². The minimum absolute atomic E-state index is 0.250. The molecule has 5 heteroatoms. The number of hydrogen-bond acceptors (Lipinski definition) is 1. The van der Waals surface area contributed by atoms with E-state index in [1.165, 1.54) is 0 Å². The molecule has 1 aliphatic rings. The van der Waals surface area contributed by atoms with Crippen molar-refractivity contribution in [3.63, 3.8) is 0 Å². The van der Waals surface area contributed by atoms with E-state index in [0.717, 1.165) is 19.3 Å².